The van der Waals surface area contributed by atoms with E-state index in [0.717, 1.165) is 23.7 Å². The van der Waals surface area contributed by atoms with Crippen molar-refractivity contribution in [3.8, 4) is 0 Å². The maximum atomic E-state index is 15.1. The zero-order chi connectivity index (χ0) is 31.1. The molecule has 0 radical (unpaired) electrons. The van der Waals surface area contributed by atoms with E-state index in [0.29, 0.717) is 50.9 Å². The van der Waals surface area contributed by atoms with Crippen LogP contribution in [0.3, 0.4) is 0 Å². The van der Waals surface area contributed by atoms with E-state index >= 15 is 4.39 Å². The molecular weight excluding hydrogens is 593 g/mol. The minimum atomic E-state index is -0.629. The summed E-state index contributed by atoms with van der Waals surface area (Å²) in [5.41, 5.74) is 2.08. The fraction of sp³-hybridized carbons (Fsp3) is 0.562. The number of nitrogens with zero attached hydrogens (tertiary/aromatic N) is 6. The molecule has 2 saturated heterocycles. The second kappa shape index (κ2) is 12.8. The number of hydrogen-bond acceptors (Lipinski definition) is 6. The number of amides is 1. The van der Waals surface area contributed by atoms with E-state index < -0.39 is 23.4 Å². The Morgan fingerprint density at radius 3 is 2.52 bits per heavy atom. The Hall–Kier alpha value is -3.02. The zero-order valence-electron chi connectivity index (χ0n) is 25.2. The predicted octanol–water partition coefficient (Wildman–Crippen LogP) is 5.73. The molecule has 0 N–H and O–H groups in total. The Labute approximate surface area is 260 Å². The Morgan fingerprint density at radius 1 is 1.05 bits per heavy atom. The molecule has 2 aliphatic heterocycles. The van der Waals surface area contributed by atoms with Gasteiger partial charge in [-0.3, -0.25) is 9.69 Å². The molecule has 1 aliphatic carbocycles. The number of tetrazole rings is 1. The molecule has 0 spiro atoms. The van der Waals surface area contributed by atoms with E-state index in [1.165, 1.54) is 24.5 Å². The van der Waals surface area contributed by atoms with Crippen molar-refractivity contribution in [1.82, 2.24) is 30.0 Å². The molecule has 3 unspecified atom stereocenters. The standard InChI is InChI=1S/C32H38ClF3N6O2/c1-18-16-44-19(2)15-41(18)23-11-27(24-5-4-22(34)10-30(24)35)28(12-23)32(43)40-8-6-21(7-9-40)26-13-29(33)31(36)14-25(26)20(3)42-17-37-38-39-42/h4-5,10,13-14,17-21,23,27-28H,6-9,11-12,15-16H2,1-3H3/t18-,19-,20-,23?,27?,28?/m1/s1. The first kappa shape index (κ1) is 31.0. The average Bonchev–Trinajstić information content (AvgIpc) is 3.70. The van der Waals surface area contributed by atoms with Gasteiger partial charge in [0.1, 0.15) is 23.8 Å². The van der Waals surface area contributed by atoms with Crippen molar-refractivity contribution in [2.45, 2.75) is 82.5 Å². The van der Waals surface area contributed by atoms with Crippen LogP contribution in [-0.2, 0) is 9.53 Å². The molecule has 1 saturated carbocycles. The maximum Gasteiger partial charge on any atom is 0.226 e. The number of rotatable bonds is 6. The molecule has 3 heterocycles. The third-order valence-corrected chi connectivity index (χ3v) is 10.2. The lowest BCUT2D eigenvalue weighted by atomic mass is 9.83. The van der Waals surface area contributed by atoms with Crippen LogP contribution in [0.1, 0.15) is 81.0 Å². The number of carbonyl (C=O) groups is 1. The minimum Gasteiger partial charge on any atom is -0.376 e. The number of morpholine rings is 1. The molecule has 236 valence electrons. The molecule has 2 aromatic carbocycles. The molecule has 3 fully saturated rings. The van der Waals surface area contributed by atoms with E-state index in [9.17, 15) is 13.6 Å². The largest absolute Gasteiger partial charge is 0.376 e. The van der Waals surface area contributed by atoms with Gasteiger partial charge in [-0.15, -0.1) is 5.10 Å². The third-order valence-electron chi connectivity index (χ3n) is 9.93. The van der Waals surface area contributed by atoms with Crippen LogP contribution in [0.15, 0.2) is 36.7 Å². The van der Waals surface area contributed by atoms with Crippen molar-refractivity contribution in [3.05, 3.63) is 75.8 Å². The van der Waals surface area contributed by atoms with E-state index in [2.05, 4.69) is 27.3 Å². The van der Waals surface area contributed by atoms with Crippen molar-refractivity contribution < 1.29 is 22.7 Å². The fourth-order valence-corrected chi connectivity index (χ4v) is 7.74. The highest BCUT2D eigenvalue weighted by atomic mass is 35.5. The molecule has 0 bridgehead atoms. The van der Waals surface area contributed by atoms with Gasteiger partial charge in [-0.25, -0.2) is 17.9 Å². The highest BCUT2D eigenvalue weighted by Gasteiger charge is 2.46. The Bertz CT molecular complexity index is 1480. The van der Waals surface area contributed by atoms with Gasteiger partial charge in [0.15, 0.2) is 0 Å². The quantitative estimate of drug-likeness (QED) is 0.346. The number of hydrogen-bond donors (Lipinski definition) is 0. The summed E-state index contributed by atoms with van der Waals surface area (Å²) in [6.07, 6.45) is 4.15. The molecule has 44 heavy (non-hydrogen) atoms. The number of carbonyl (C=O) groups excluding carboxylic acids is 1. The first-order chi connectivity index (χ1) is 21.1. The molecular formula is C32H38ClF3N6O2. The van der Waals surface area contributed by atoms with Crippen LogP contribution in [0.2, 0.25) is 5.02 Å². The number of halogens is 4. The molecule has 12 heteroatoms. The van der Waals surface area contributed by atoms with Crippen molar-refractivity contribution in [2.75, 3.05) is 26.2 Å². The summed E-state index contributed by atoms with van der Waals surface area (Å²) in [5.74, 6) is -2.44. The number of piperidine rings is 1. The SMILES string of the molecule is C[C@@H]1CN(C2CC(C(=O)N3CCC(c4cc(Cl)c(F)cc4[C@@H](C)n4cnnn4)CC3)C(c3ccc(F)cc3F)C2)[C@H](C)CO1. The maximum absolute atomic E-state index is 15.1. The summed E-state index contributed by atoms with van der Waals surface area (Å²) >= 11 is 6.24. The highest BCUT2D eigenvalue weighted by Crippen LogP contribution is 2.45. The summed E-state index contributed by atoms with van der Waals surface area (Å²) in [5, 5.41) is 11.5. The lowest BCUT2D eigenvalue weighted by Crippen LogP contribution is -2.51. The van der Waals surface area contributed by atoms with Crippen molar-refractivity contribution in [3.63, 3.8) is 0 Å². The average molecular weight is 631 g/mol. The monoisotopic (exact) mass is 630 g/mol. The summed E-state index contributed by atoms with van der Waals surface area (Å²) in [6, 6.07) is 6.81. The smallest absolute Gasteiger partial charge is 0.226 e. The van der Waals surface area contributed by atoms with Crippen LogP contribution in [0.25, 0.3) is 0 Å². The first-order valence-corrected chi connectivity index (χ1v) is 15.8. The van der Waals surface area contributed by atoms with Crippen LogP contribution < -0.4 is 0 Å². The van der Waals surface area contributed by atoms with Crippen molar-refractivity contribution in [1.29, 1.82) is 0 Å². The number of ether oxygens (including phenoxy) is 1. The lowest BCUT2D eigenvalue weighted by molar-refractivity contribution is -0.137. The van der Waals surface area contributed by atoms with Crippen LogP contribution in [0, 0.1) is 23.4 Å². The Morgan fingerprint density at radius 2 is 1.82 bits per heavy atom. The van der Waals surface area contributed by atoms with Crippen LogP contribution >= 0.6 is 11.6 Å². The summed E-state index contributed by atoms with van der Waals surface area (Å²) < 4.78 is 51.0. The van der Waals surface area contributed by atoms with E-state index in [4.69, 9.17) is 16.3 Å². The number of likely N-dealkylation sites (tertiary alicyclic amines) is 1. The topological polar surface area (TPSA) is 76.4 Å². The van der Waals surface area contributed by atoms with Gasteiger partial charge in [-0.05, 0) is 104 Å². The predicted molar refractivity (Wildman–Crippen MR) is 159 cm³/mol. The normalized spacial score (nSPS) is 27.5. The summed E-state index contributed by atoms with van der Waals surface area (Å²) in [4.78, 5) is 18.5. The van der Waals surface area contributed by atoms with Gasteiger partial charge in [0.2, 0.25) is 5.91 Å². The van der Waals surface area contributed by atoms with Gasteiger partial charge in [0, 0.05) is 43.7 Å². The second-order valence-corrected chi connectivity index (χ2v) is 13.1. The molecule has 1 aromatic heterocycles. The van der Waals surface area contributed by atoms with E-state index in [1.54, 1.807) is 10.7 Å². The molecule has 6 rings (SSSR count). The molecule has 6 atom stereocenters. The second-order valence-electron chi connectivity index (χ2n) is 12.7. The van der Waals surface area contributed by atoms with Crippen LogP contribution in [0.5, 0.6) is 0 Å². The first-order valence-electron chi connectivity index (χ1n) is 15.4. The number of aromatic nitrogens is 4. The van der Waals surface area contributed by atoms with E-state index in [-0.39, 0.29) is 47.0 Å². The van der Waals surface area contributed by atoms with Gasteiger partial charge in [-0.2, -0.15) is 0 Å². The van der Waals surface area contributed by atoms with Gasteiger partial charge in [0.05, 0.1) is 23.8 Å². The molecule has 3 aromatic rings. The van der Waals surface area contributed by atoms with Crippen LogP contribution in [-0.4, -0.2) is 80.3 Å². The summed E-state index contributed by atoms with van der Waals surface area (Å²) in [6.45, 7) is 8.46. The zero-order valence-corrected chi connectivity index (χ0v) is 25.9. The van der Waals surface area contributed by atoms with Crippen molar-refractivity contribution in [2.24, 2.45) is 5.92 Å². The van der Waals surface area contributed by atoms with Gasteiger partial charge in [0.25, 0.3) is 0 Å². The fourth-order valence-electron chi connectivity index (χ4n) is 7.57. The van der Waals surface area contributed by atoms with Crippen molar-refractivity contribution >= 4 is 17.5 Å². The molecule has 1 amide bonds. The van der Waals surface area contributed by atoms with Gasteiger partial charge < -0.3 is 9.64 Å². The Kier molecular flexibility index (Phi) is 8.99. The van der Waals surface area contributed by atoms with Gasteiger partial charge >= 0.3 is 0 Å². The third kappa shape index (κ3) is 6.10. The molecule has 3 aliphatic rings. The van der Waals surface area contributed by atoms with Gasteiger partial charge in [-0.1, -0.05) is 17.7 Å². The minimum absolute atomic E-state index is 0.00746. The molecule has 8 nitrogen and oxygen atoms in total. The highest BCUT2D eigenvalue weighted by molar-refractivity contribution is 6.30. The van der Waals surface area contributed by atoms with E-state index in [1.807, 2.05) is 18.7 Å². The summed E-state index contributed by atoms with van der Waals surface area (Å²) in [7, 11) is 0. The Balaban J connectivity index is 1.21. The number of benzene rings is 2. The van der Waals surface area contributed by atoms with Crippen LogP contribution in [0.4, 0.5) is 13.2 Å². The lowest BCUT2D eigenvalue weighted by Gasteiger charge is -2.41.